The summed E-state index contributed by atoms with van der Waals surface area (Å²) in [5, 5.41) is 2.98. The van der Waals surface area contributed by atoms with Crippen LogP contribution >= 0.6 is 0 Å². The van der Waals surface area contributed by atoms with Crippen LogP contribution in [0.4, 0.5) is 15.9 Å². The number of aromatic nitrogens is 1. The molecule has 0 radical (unpaired) electrons. The largest absolute Gasteiger partial charge is 0.373 e. The zero-order chi connectivity index (χ0) is 13.7. The first-order chi connectivity index (χ1) is 9.24. The Kier molecular flexibility index (Phi) is 4.34. The van der Waals surface area contributed by atoms with Gasteiger partial charge in [0.2, 0.25) is 0 Å². The van der Waals surface area contributed by atoms with E-state index in [2.05, 4.69) is 10.3 Å². The average molecular weight is 259 g/mol. The summed E-state index contributed by atoms with van der Waals surface area (Å²) in [5.41, 5.74) is 1.69. The van der Waals surface area contributed by atoms with Gasteiger partial charge in [-0.2, -0.15) is 0 Å². The molecule has 0 fully saturated rings. The minimum atomic E-state index is -0.191. The Morgan fingerprint density at radius 3 is 2.58 bits per heavy atom. The maximum absolute atomic E-state index is 13.8. The normalized spacial score (nSPS) is 10.3. The fourth-order valence-electron chi connectivity index (χ4n) is 1.96. The lowest BCUT2D eigenvalue weighted by Crippen LogP contribution is -2.23. The number of anilines is 2. The molecular weight excluding hydrogens is 241 g/mol. The molecule has 0 unspecified atom stereocenters. The number of nitrogens with zero attached hydrogens (tertiary/aromatic N) is 2. The van der Waals surface area contributed by atoms with Crippen molar-refractivity contribution in [1.29, 1.82) is 0 Å². The van der Waals surface area contributed by atoms with Gasteiger partial charge in [-0.3, -0.25) is 0 Å². The predicted octanol–water partition coefficient (Wildman–Crippen LogP) is 3.29. The lowest BCUT2D eigenvalue weighted by atomic mass is 10.2. The van der Waals surface area contributed by atoms with Gasteiger partial charge in [-0.15, -0.1) is 0 Å². The van der Waals surface area contributed by atoms with E-state index in [-0.39, 0.29) is 5.82 Å². The van der Waals surface area contributed by atoms with Crippen LogP contribution in [0.25, 0.3) is 0 Å². The Bertz CT molecular complexity index is 525. The topological polar surface area (TPSA) is 28.2 Å². The first-order valence-corrected chi connectivity index (χ1v) is 6.36. The Labute approximate surface area is 113 Å². The zero-order valence-corrected chi connectivity index (χ0v) is 11.2. The van der Waals surface area contributed by atoms with Crippen molar-refractivity contribution in [2.75, 3.05) is 23.8 Å². The molecule has 0 saturated carbocycles. The van der Waals surface area contributed by atoms with Gasteiger partial charge in [-0.05, 0) is 30.7 Å². The predicted molar refractivity (Wildman–Crippen MR) is 76.9 cm³/mol. The molecule has 19 heavy (non-hydrogen) atoms. The Hall–Kier alpha value is -2.10. The van der Waals surface area contributed by atoms with E-state index < -0.39 is 0 Å². The lowest BCUT2D eigenvalue weighted by molar-refractivity contribution is 0.618. The minimum Gasteiger partial charge on any atom is -0.373 e. The highest BCUT2D eigenvalue weighted by Crippen LogP contribution is 2.20. The zero-order valence-electron chi connectivity index (χ0n) is 11.2. The number of halogens is 1. The number of benzene rings is 1. The third kappa shape index (κ3) is 3.22. The average Bonchev–Trinajstić information content (AvgIpc) is 2.46. The van der Waals surface area contributed by atoms with E-state index in [9.17, 15) is 4.39 Å². The highest BCUT2D eigenvalue weighted by Gasteiger charge is 2.09. The van der Waals surface area contributed by atoms with Crippen LogP contribution in [0.15, 0.2) is 42.6 Å². The molecule has 1 aromatic heterocycles. The first kappa shape index (κ1) is 13.3. The van der Waals surface area contributed by atoms with Crippen LogP contribution in [0.2, 0.25) is 0 Å². The van der Waals surface area contributed by atoms with Gasteiger partial charge in [0.05, 0.1) is 5.69 Å². The number of hydrogen-bond acceptors (Lipinski definition) is 3. The minimum absolute atomic E-state index is 0.191. The molecule has 1 N–H and O–H groups in total. The van der Waals surface area contributed by atoms with E-state index in [1.54, 1.807) is 12.1 Å². The Morgan fingerprint density at radius 1 is 1.21 bits per heavy atom. The van der Waals surface area contributed by atoms with Crippen molar-refractivity contribution >= 4 is 11.5 Å². The van der Waals surface area contributed by atoms with E-state index in [1.165, 1.54) is 6.07 Å². The smallest absolute Gasteiger partial charge is 0.146 e. The van der Waals surface area contributed by atoms with E-state index in [0.717, 1.165) is 17.9 Å². The summed E-state index contributed by atoms with van der Waals surface area (Å²) in [6, 6.07) is 10.8. The van der Waals surface area contributed by atoms with Crippen molar-refractivity contribution in [3.63, 3.8) is 0 Å². The van der Waals surface area contributed by atoms with Crippen molar-refractivity contribution in [1.82, 2.24) is 4.98 Å². The molecule has 1 aromatic carbocycles. The second-order valence-corrected chi connectivity index (χ2v) is 4.27. The summed E-state index contributed by atoms with van der Waals surface area (Å²) in [6.07, 6.45) is 1.81. The van der Waals surface area contributed by atoms with Gasteiger partial charge in [0, 0.05) is 26.3 Å². The third-order valence-corrected chi connectivity index (χ3v) is 3.03. The van der Waals surface area contributed by atoms with Crippen molar-refractivity contribution in [2.24, 2.45) is 0 Å². The summed E-state index contributed by atoms with van der Waals surface area (Å²) < 4.78 is 13.8. The molecule has 0 aliphatic rings. The third-order valence-electron chi connectivity index (χ3n) is 3.03. The van der Waals surface area contributed by atoms with E-state index in [4.69, 9.17) is 0 Å². The van der Waals surface area contributed by atoms with Crippen LogP contribution in [-0.2, 0) is 6.54 Å². The molecule has 1 heterocycles. The molecule has 0 atom stereocenters. The highest BCUT2D eigenvalue weighted by molar-refractivity contribution is 5.48. The monoisotopic (exact) mass is 259 g/mol. The van der Waals surface area contributed by atoms with Crippen molar-refractivity contribution < 1.29 is 4.39 Å². The number of hydrogen-bond donors (Lipinski definition) is 1. The first-order valence-electron chi connectivity index (χ1n) is 6.36. The van der Waals surface area contributed by atoms with Gasteiger partial charge in [-0.25, -0.2) is 9.37 Å². The summed E-state index contributed by atoms with van der Waals surface area (Å²) in [6.45, 7) is 3.41. The molecule has 0 amide bonds. The summed E-state index contributed by atoms with van der Waals surface area (Å²) in [4.78, 5) is 6.26. The standard InChI is InChI=1S/C15H18FN3/c1-3-19(14-7-5-4-6-13(14)16)11-12-8-9-15(17-2)18-10-12/h4-10H,3,11H2,1-2H3,(H,17,18). The number of para-hydroxylation sites is 1. The fourth-order valence-corrected chi connectivity index (χ4v) is 1.96. The molecule has 3 nitrogen and oxygen atoms in total. The van der Waals surface area contributed by atoms with Crippen LogP contribution in [0.5, 0.6) is 0 Å². The van der Waals surface area contributed by atoms with Crippen LogP contribution in [0.3, 0.4) is 0 Å². The number of nitrogens with one attached hydrogen (secondary N) is 1. The molecule has 0 aliphatic carbocycles. The maximum atomic E-state index is 13.8. The SMILES string of the molecule is CCN(Cc1ccc(NC)nc1)c1ccccc1F. The lowest BCUT2D eigenvalue weighted by Gasteiger charge is -2.23. The van der Waals surface area contributed by atoms with Gasteiger partial charge in [0.25, 0.3) is 0 Å². The Balaban J connectivity index is 2.17. The van der Waals surface area contributed by atoms with Gasteiger partial charge in [0.1, 0.15) is 11.6 Å². The summed E-state index contributed by atoms with van der Waals surface area (Å²) >= 11 is 0. The number of pyridine rings is 1. The van der Waals surface area contributed by atoms with Crippen LogP contribution in [-0.4, -0.2) is 18.6 Å². The van der Waals surface area contributed by atoms with Crippen molar-refractivity contribution in [3.8, 4) is 0 Å². The van der Waals surface area contributed by atoms with E-state index in [1.807, 2.05) is 43.3 Å². The molecule has 0 saturated heterocycles. The van der Waals surface area contributed by atoms with Gasteiger partial charge in [0.15, 0.2) is 0 Å². The second-order valence-electron chi connectivity index (χ2n) is 4.27. The molecule has 0 bridgehead atoms. The van der Waals surface area contributed by atoms with Crippen LogP contribution < -0.4 is 10.2 Å². The van der Waals surface area contributed by atoms with Crippen LogP contribution in [0, 0.1) is 5.82 Å². The van der Waals surface area contributed by atoms with Gasteiger partial charge >= 0.3 is 0 Å². The van der Waals surface area contributed by atoms with E-state index >= 15 is 0 Å². The molecular formula is C15H18FN3. The summed E-state index contributed by atoms with van der Waals surface area (Å²) in [5.74, 6) is 0.641. The van der Waals surface area contributed by atoms with Crippen molar-refractivity contribution in [2.45, 2.75) is 13.5 Å². The van der Waals surface area contributed by atoms with Crippen molar-refractivity contribution in [3.05, 3.63) is 54.0 Å². The van der Waals surface area contributed by atoms with Gasteiger partial charge in [-0.1, -0.05) is 18.2 Å². The quantitative estimate of drug-likeness (QED) is 0.893. The highest BCUT2D eigenvalue weighted by atomic mass is 19.1. The van der Waals surface area contributed by atoms with Crippen LogP contribution in [0.1, 0.15) is 12.5 Å². The molecule has 0 spiro atoms. The molecule has 0 aliphatic heterocycles. The maximum Gasteiger partial charge on any atom is 0.146 e. The fraction of sp³-hybridized carbons (Fsp3) is 0.267. The van der Waals surface area contributed by atoms with Gasteiger partial charge < -0.3 is 10.2 Å². The number of rotatable bonds is 5. The van der Waals surface area contributed by atoms with E-state index in [0.29, 0.717) is 12.2 Å². The molecule has 4 heteroatoms. The molecule has 100 valence electrons. The molecule has 2 aromatic rings. The summed E-state index contributed by atoms with van der Waals surface area (Å²) in [7, 11) is 1.83. The Morgan fingerprint density at radius 2 is 2.00 bits per heavy atom. The molecule has 2 rings (SSSR count). The second kappa shape index (κ2) is 6.18.